The summed E-state index contributed by atoms with van der Waals surface area (Å²) in [6, 6.07) is 8.24. The average molecular weight is 232 g/mol. The van der Waals surface area contributed by atoms with Crippen molar-refractivity contribution in [3.63, 3.8) is 0 Å². The van der Waals surface area contributed by atoms with E-state index in [-0.39, 0.29) is 11.9 Å². The quantitative estimate of drug-likeness (QED) is 0.555. The third-order valence-electron chi connectivity index (χ3n) is 2.67. The highest BCUT2D eigenvalue weighted by Crippen LogP contribution is 2.15. The molecule has 0 saturated carbocycles. The summed E-state index contributed by atoms with van der Waals surface area (Å²) in [6.07, 6.45) is 3.15. The van der Waals surface area contributed by atoms with Gasteiger partial charge in [0.15, 0.2) is 0 Å². The molecule has 17 heavy (non-hydrogen) atoms. The highest BCUT2D eigenvalue weighted by molar-refractivity contribution is 5.73. The van der Waals surface area contributed by atoms with Crippen LogP contribution in [0.4, 0.5) is 0 Å². The summed E-state index contributed by atoms with van der Waals surface area (Å²) in [4.78, 5) is 11.7. The van der Waals surface area contributed by atoms with Gasteiger partial charge in [-0.3, -0.25) is 4.79 Å². The fourth-order valence-corrected chi connectivity index (χ4v) is 1.73. The van der Waals surface area contributed by atoms with Crippen LogP contribution in [0.1, 0.15) is 24.5 Å². The molecule has 0 spiro atoms. The molecule has 0 aliphatic rings. The molecule has 0 N–H and O–H groups in total. The number of aryl methyl sites for hydroxylation is 1. The Balaban J connectivity index is 2.68. The van der Waals surface area contributed by atoms with E-state index in [1.54, 1.807) is 6.08 Å². The van der Waals surface area contributed by atoms with Crippen LogP contribution < -0.4 is 0 Å². The van der Waals surface area contributed by atoms with Crippen LogP contribution in [0.25, 0.3) is 0 Å². The maximum absolute atomic E-state index is 11.7. The van der Waals surface area contributed by atoms with E-state index in [0.717, 1.165) is 5.56 Å². The lowest BCUT2D eigenvalue weighted by Crippen LogP contribution is -2.19. The first-order valence-corrected chi connectivity index (χ1v) is 6.00. The van der Waals surface area contributed by atoms with Crippen molar-refractivity contribution in [1.29, 1.82) is 0 Å². The van der Waals surface area contributed by atoms with Crippen molar-refractivity contribution >= 4 is 5.97 Å². The van der Waals surface area contributed by atoms with Crippen molar-refractivity contribution in [1.82, 2.24) is 0 Å². The molecule has 1 aromatic carbocycles. The van der Waals surface area contributed by atoms with Crippen molar-refractivity contribution in [2.75, 3.05) is 6.61 Å². The maximum atomic E-state index is 11.7. The fraction of sp³-hybridized carbons (Fsp3) is 0.400. The third kappa shape index (κ3) is 4.43. The molecule has 0 bridgehead atoms. The number of ether oxygens (including phenoxy) is 1. The molecule has 0 heterocycles. The molecule has 1 aromatic rings. The van der Waals surface area contributed by atoms with Crippen LogP contribution in [0.3, 0.4) is 0 Å². The number of carbonyl (C=O) groups excluding carboxylic acids is 1. The molecule has 0 fully saturated rings. The van der Waals surface area contributed by atoms with E-state index in [1.807, 2.05) is 6.92 Å². The first-order chi connectivity index (χ1) is 8.17. The molecule has 0 aliphatic carbocycles. The van der Waals surface area contributed by atoms with Crippen LogP contribution >= 0.6 is 0 Å². The van der Waals surface area contributed by atoms with Gasteiger partial charge in [0.25, 0.3) is 0 Å². The van der Waals surface area contributed by atoms with Gasteiger partial charge in [0.2, 0.25) is 0 Å². The summed E-state index contributed by atoms with van der Waals surface area (Å²) in [5.74, 6) is -0.247. The largest absolute Gasteiger partial charge is 0.466 e. The average Bonchev–Trinajstić information content (AvgIpc) is 2.31. The van der Waals surface area contributed by atoms with Gasteiger partial charge in [-0.2, -0.15) is 0 Å². The number of hydrogen-bond acceptors (Lipinski definition) is 2. The van der Waals surface area contributed by atoms with Crippen LogP contribution in [0.5, 0.6) is 0 Å². The van der Waals surface area contributed by atoms with E-state index >= 15 is 0 Å². The highest BCUT2D eigenvalue weighted by Gasteiger charge is 2.18. The smallest absolute Gasteiger partial charge is 0.309 e. The van der Waals surface area contributed by atoms with Gasteiger partial charge in [0.1, 0.15) is 0 Å². The van der Waals surface area contributed by atoms with Gasteiger partial charge in [-0.05, 0) is 32.3 Å². The summed E-state index contributed by atoms with van der Waals surface area (Å²) in [5, 5.41) is 0. The minimum atomic E-state index is -0.132. The summed E-state index contributed by atoms with van der Waals surface area (Å²) >= 11 is 0. The van der Waals surface area contributed by atoms with Crippen molar-refractivity contribution in [2.24, 2.45) is 5.92 Å². The number of hydrogen-bond donors (Lipinski definition) is 0. The number of carbonyl (C=O) groups is 1. The van der Waals surface area contributed by atoms with E-state index in [9.17, 15) is 4.79 Å². The lowest BCUT2D eigenvalue weighted by molar-refractivity contribution is -0.147. The zero-order chi connectivity index (χ0) is 12.7. The van der Waals surface area contributed by atoms with Gasteiger partial charge in [0.05, 0.1) is 12.5 Å². The summed E-state index contributed by atoms with van der Waals surface area (Å²) < 4.78 is 5.07. The molecule has 0 radical (unpaired) electrons. The van der Waals surface area contributed by atoms with E-state index in [4.69, 9.17) is 4.74 Å². The highest BCUT2D eigenvalue weighted by atomic mass is 16.5. The Labute approximate surface area is 103 Å². The van der Waals surface area contributed by atoms with E-state index < -0.39 is 0 Å². The van der Waals surface area contributed by atoms with Crippen LogP contribution in [-0.4, -0.2) is 12.6 Å². The van der Waals surface area contributed by atoms with E-state index in [2.05, 4.69) is 37.8 Å². The predicted molar refractivity (Wildman–Crippen MR) is 69.8 cm³/mol. The monoisotopic (exact) mass is 232 g/mol. The maximum Gasteiger partial charge on any atom is 0.309 e. The SMILES string of the molecule is C=CC[C@@H](Cc1ccc(C)cc1)C(=O)OCC. The molecule has 0 saturated heterocycles. The van der Waals surface area contributed by atoms with Crippen LogP contribution in [0, 0.1) is 12.8 Å². The Morgan fingerprint density at radius 3 is 2.59 bits per heavy atom. The Morgan fingerprint density at radius 2 is 2.06 bits per heavy atom. The van der Waals surface area contributed by atoms with Gasteiger partial charge in [-0.1, -0.05) is 35.9 Å². The Bertz CT molecular complexity index is 365. The van der Waals surface area contributed by atoms with Crippen molar-refractivity contribution < 1.29 is 9.53 Å². The standard InChI is InChI=1S/C15H20O2/c1-4-6-14(15(16)17-5-2)11-13-9-7-12(3)8-10-13/h4,7-10,14H,1,5-6,11H2,2-3H3/t14-/m0/s1. The van der Waals surface area contributed by atoms with Crippen molar-refractivity contribution in [3.05, 3.63) is 48.0 Å². The zero-order valence-corrected chi connectivity index (χ0v) is 10.6. The van der Waals surface area contributed by atoms with Crippen LogP contribution in [0.2, 0.25) is 0 Å². The molecule has 0 unspecified atom stereocenters. The molecule has 2 nitrogen and oxygen atoms in total. The number of allylic oxidation sites excluding steroid dienone is 1. The second-order valence-corrected chi connectivity index (χ2v) is 4.16. The lowest BCUT2D eigenvalue weighted by atomic mass is 9.96. The first-order valence-electron chi connectivity index (χ1n) is 6.00. The molecular formula is C15H20O2. The van der Waals surface area contributed by atoms with Crippen molar-refractivity contribution in [3.8, 4) is 0 Å². The minimum Gasteiger partial charge on any atom is -0.466 e. The Hall–Kier alpha value is -1.57. The number of rotatable bonds is 6. The summed E-state index contributed by atoms with van der Waals surface area (Å²) in [5.41, 5.74) is 2.39. The number of benzene rings is 1. The van der Waals surface area contributed by atoms with Gasteiger partial charge in [-0.15, -0.1) is 6.58 Å². The van der Waals surface area contributed by atoms with Gasteiger partial charge in [-0.25, -0.2) is 0 Å². The molecule has 0 amide bonds. The Kier molecular flexibility index (Phi) is 5.47. The minimum absolute atomic E-state index is 0.116. The zero-order valence-electron chi connectivity index (χ0n) is 10.6. The molecule has 92 valence electrons. The molecule has 0 aromatic heterocycles. The van der Waals surface area contributed by atoms with E-state index in [1.165, 1.54) is 5.56 Å². The number of esters is 1. The topological polar surface area (TPSA) is 26.3 Å². The molecule has 2 heteroatoms. The van der Waals surface area contributed by atoms with Crippen LogP contribution in [0.15, 0.2) is 36.9 Å². The molecule has 1 rings (SSSR count). The summed E-state index contributed by atoms with van der Waals surface area (Å²) in [6.45, 7) is 8.00. The summed E-state index contributed by atoms with van der Waals surface area (Å²) in [7, 11) is 0. The predicted octanol–water partition coefficient (Wildman–Crippen LogP) is 3.29. The third-order valence-corrected chi connectivity index (χ3v) is 2.67. The fourth-order valence-electron chi connectivity index (χ4n) is 1.73. The second-order valence-electron chi connectivity index (χ2n) is 4.16. The molecular weight excluding hydrogens is 212 g/mol. The van der Waals surface area contributed by atoms with E-state index in [0.29, 0.717) is 19.4 Å². The van der Waals surface area contributed by atoms with Crippen LogP contribution in [-0.2, 0) is 16.0 Å². The Morgan fingerprint density at radius 1 is 1.41 bits per heavy atom. The molecule has 0 aliphatic heterocycles. The van der Waals surface area contributed by atoms with Gasteiger partial charge in [0, 0.05) is 0 Å². The normalized spacial score (nSPS) is 11.9. The first kappa shape index (κ1) is 13.5. The second kappa shape index (κ2) is 6.89. The van der Waals surface area contributed by atoms with Gasteiger partial charge < -0.3 is 4.74 Å². The van der Waals surface area contributed by atoms with Gasteiger partial charge >= 0.3 is 5.97 Å². The molecule has 1 atom stereocenters. The lowest BCUT2D eigenvalue weighted by Gasteiger charge is -2.13. The van der Waals surface area contributed by atoms with Crippen molar-refractivity contribution in [2.45, 2.75) is 26.7 Å².